The second-order valence-electron chi connectivity index (χ2n) is 3.46. The first-order valence-corrected chi connectivity index (χ1v) is 7.35. The van der Waals surface area contributed by atoms with Gasteiger partial charge in [0.15, 0.2) is 0 Å². The molecule has 1 nitrogen and oxygen atoms in total. The smallest absolute Gasteiger partial charge is 0.134 e. The molecule has 0 bridgehead atoms. The molecule has 0 saturated heterocycles. The van der Waals surface area contributed by atoms with Gasteiger partial charge in [0.2, 0.25) is 0 Å². The summed E-state index contributed by atoms with van der Waals surface area (Å²) in [4.78, 5) is 0. The highest BCUT2D eigenvalue weighted by molar-refractivity contribution is 14.2. The number of alkyl halides is 1. The highest BCUT2D eigenvalue weighted by Gasteiger charge is 2.08. The molecule has 0 fully saturated rings. The van der Waals surface area contributed by atoms with Gasteiger partial charge in [-0.15, -0.1) is 20.7 Å². The molecule has 1 unspecified atom stereocenters. The van der Waals surface area contributed by atoms with E-state index in [0.29, 0.717) is 3.92 Å². The average molecular weight is 300 g/mol. The molecule has 0 aliphatic carbocycles. The molecule has 74 valence electrons. The minimum absolute atomic E-state index is 0.0234. The van der Waals surface area contributed by atoms with Crippen molar-refractivity contribution >= 4 is 36.2 Å². The molecule has 14 heavy (non-hydrogen) atoms. The first-order chi connectivity index (χ1) is 6.70. The Morgan fingerprint density at radius 2 is 2.14 bits per heavy atom. The fourth-order valence-electron chi connectivity index (χ4n) is 1.46. The van der Waals surface area contributed by atoms with Gasteiger partial charge in [0.1, 0.15) is 11.3 Å². The van der Waals surface area contributed by atoms with Crippen molar-refractivity contribution in [2.45, 2.75) is 17.8 Å². The second kappa shape index (κ2) is 3.85. The predicted octanol–water partition coefficient (Wildman–Crippen LogP) is 4.20. The van der Waals surface area contributed by atoms with Crippen LogP contribution in [0.1, 0.15) is 22.2 Å². The number of hydrogen-bond donors (Lipinski definition) is 0. The summed E-state index contributed by atoms with van der Waals surface area (Å²) < 4.78 is 10.3. The third kappa shape index (κ3) is 1.75. The Hall–Kier alpha value is -0.640. The van der Waals surface area contributed by atoms with E-state index in [4.69, 9.17) is 4.42 Å². The summed E-state index contributed by atoms with van der Waals surface area (Å²) in [6.45, 7) is 4.29. The summed E-state index contributed by atoms with van der Waals surface area (Å²) >= 11 is -0.0234. The lowest BCUT2D eigenvalue weighted by Gasteiger charge is -1.97. The number of rotatable bonds is 2. The number of aryl methyl sites for hydroxylation is 1. The summed E-state index contributed by atoms with van der Waals surface area (Å²) in [7, 11) is 0. The van der Waals surface area contributed by atoms with Gasteiger partial charge in [0.25, 0.3) is 0 Å². The lowest BCUT2D eigenvalue weighted by molar-refractivity contribution is 0.558. The van der Waals surface area contributed by atoms with E-state index in [0.717, 1.165) is 11.3 Å². The quantitative estimate of drug-likeness (QED) is 0.598. The maximum Gasteiger partial charge on any atom is 0.134 e. The number of halogens is 1. The highest BCUT2D eigenvalue weighted by Crippen LogP contribution is 2.31. The van der Waals surface area contributed by atoms with Gasteiger partial charge >= 0.3 is 0 Å². The fraction of sp³-hybridized carbons (Fsp3) is 0.250. The molecule has 0 aliphatic rings. The number of furan rings is 1. The molecule has 1 aromatic heterocycles. The van der Waals surface area contributed by atoms with E-state index in [9.17, 15) is 0 Å². The molecular formula is C12H13IO. The van der Waals surface area contributed by atoms with Crippen LogP contribution >= 0.6 is 20.7 Å². The van der Waals surface area contributed by atoms with Gasteiger partial charge in [-0.3, -0.25) is 0 Å². The molecule has 1 aromatic carbocycles. The molecule has 0 radical (unpaired) electrons. The largest absolute Gasteiger partial charge is 0.460 e. The van der Waals surface area contributed by atoms with Crippen LogP contribution in [0.25, 0.3) is 11.0 Å². The van der Waals surface area contributed by atoms with Crippen molar-refractivity contribution in [3.63, 3.8) is 0 Å². The Morgan fingerprint density at radius 3 is 2.86 bits per heavy atom. The van der Waals surface area contributed by atoms with E-state index in [1.54, 1.807) is 0 Å². The Labute approximate surface area is 93.9 Å². The zero-order valence-electron chi connectivity index (χ0n) is 8.38. The zero-order valence-corrected chi connectivity index (χ0v) is 10.5. The minimum atomic E-state index is -0.0234. The number of hydrogen-bond acceptors (Lipinski definition) is 1. The van der Waals surface area contributed by atoms with Crippen LogP contribution in [0.5, 0.6) is 0 Å². The van der Waals surface area contributed by atoms with E-state index >= 15 is 0 Å². The third-order valence-corrected chi connectivity index (χ3v) is 4.25. The number of fused-ring (bicyclic) bond motifs is 1. The van der Waals surface area contributed by atoms with Gasteiger partial charge in [-0.1, -0.05) is 16.1 Å². The molecule has 2 rings (SSSR count). The van der Waals surface area contributed by atoms with Crippen LogP contribution in [0.15, 0.2) is 28.7 Å². The first kappa shape index (κ1) is 9.90. The monoisotopic (exact) mass is 300 g/mol. The average Bonchev–Trinajstić information content (AvgIpc) is 2.59. The third-order valence-electron chi connectivity index (χ3n) is 2.31. The summed E-state index contributed by atoms with van der Waals surface area (Å²) in [5, 5.41) is 1.21. The topological polar surface area (TPSA) is 13.1 Å². The van der Waals surface area contributed by atoms with E-state index in [2.05, 4.69) is 36.6 Å². The normalized spacial score (nSPS) is 13.3. The van der Waals surface area contributed by atoms with Crippen LogP contribution in [0.2, 0.25) is 0 Å². The first-order valence-electron chi connectivity index (χ1n) is 4.58. The van der Waals surface area contributed by atoms with Gasteiger partial charge in [-0.25, -0.2) is 0 Å². The molecule has 0 aliphatic heterocycles. The van der Waals surface area contributed by atoms with Crippen LogP contribution in [-0.2, 0) is 0 Å². The number of benzene rings is 1. The Kier molecular flexibility index (Phi) is 2.72. The van der Waals surface area contributed by atoms with Gasteiger partial charge in [-0.05, 0) is 32.0 Å². The maximum absolute atomic E-state index is 5.76. The molecule has 0 saturated carbocycles. The lowest BCUT2D eigenvalue weighted by atomic mass is 10.2. The molecule has 2 heteroatoms. The molecule has 0 amide bonds. The van der Waals surface area contributed by atoms with E-state index in [-0.39, 0.29) is 20.7 Å². The predicted molar refractivity (Wildman–Crippen MR) is 70.5 cm³/mol. The zero-order chi connectivity index (χ0) is 10.1. The molecule has 0 N–H and O–H groups in total. The van der Waals surface area contributed by atoms with Crippen molar-refractivity contribution in [3.8, 4) is 0 Å². The van der Waals surface area contributed by atoms with E-state index < -0.39 is 0 Å². The van der Waals surface area contributed by atoms with Crippen molar-refractivity contribution < 1.29 is 4.42 Å². The van der Waals surface area contributed by atoms with Crippen molar-refractivity contribution in [1.29, 1.82) is 0 Å². The molecule has 1 atom stereocenters. The van der Waals surface area contributed by atoms with Crippen LogP contribution in [-0.4, -0.2) is 4.51 Å². The summed E-state index contributed by atoms with van der Waals surface area (Å²) in [5.74, 6) is 1.09. The molecular weight excluding hydrogens is 287 g/mol. The fourth-order valence-corrected chi connectivity index (χ4v) is 2.20. The van der Waals surface area contributed by atoms with Crippen LogP contribution in [0.4, 0.5) is 0 Å². The summed E-state index contributed by atoms with van der Waals surface area (Å²) in [6.07, 6.45) is 0. The van der Waals surface area contributed by atoms with Crippen molar-refractivity contribution in [1.82, 2.24) is 0 Å². The Bertz CT molecular complexity index is 470. The Morgan fingerprint density at radius 1 is 1.36 bits per heavy atom. The standard InChI is InChI=1S/C12H13IO/c1-8-4-5-11-10(6-8)7-12(14-11)9(2)13-3/h4-7,9H,3H2,1-2H3. The van der Waals surface area contributed by atoms with Gasteiger partial charge in [0, 0.05) is 5.39 Å². The molecule has 0 spiro atoms. The second-order valence-corrected chi connectivity index (χ2v) is 6.21. The van der Waals surface area contributed by atoms with Crippen molar-refractivity contribution in [3.05, 3.63) is 35.6 Å². The maximum atomic E-state index is 5.76. The Balaban J connectivity index is 2.56. The molecule has 1 heterocycles. The van der Waals surface area contributed by atoms with Crippen molar-refractivity contribution in [2.24, 2.45) is 0 Å². The van der Waals surface area contributed by atoms with E-state index in [1.807, 2.05) is 6.07 Å². The summed E-state index contributed by atoms with van der Waals surface area (Å²) in [6, 6.07) is 8.44. The van der Waals surface area contributed by atoms with Crippen LogP contribution in [0, 0.1) is 6.92 Å². The van der Waals surface area contributed by atoms with E-state index in [1.165, 1.54) is 10.9 Å². The minimum Gasteiger partial charge on any atom is -0.460 e. The summed E-state index contributed by atoms with van der Waals surface area (Å²) in [5.41, 5.74) is 2.27. The van der Waals surface area contributed by atoms with Gasteiger partial charge < -0.3 is 4.42 Å². The SMILES string of the molecule is C=IC(C)c1cc2cc(C)ccc2o1. The highest BCUT2D eigenvalue weighted by atomic mass is 127. The molecule has 2 aromatic rings. The van der Waals surface area contributed by atoms with Crippen molar-refractivity contribution in [2.75, 3.05) is 0 Å². The van der Waals surface area contributed by atoms with Gasteiger partial charge in [0.05, 0.1) is 3.92 Å². The lowest BCUT2D eigenvalue weighted by Crippen LogP contribution is -1.76. The van der Waals surface area contributed by atoms with Crippen LogP contribution < -0.4 is 0 Å². The van der Waals surface area contributed by atoms with Gasteiger partial charge in [-0.2, -0.15) is 0 Å². The van der Waals surface area contributed by atoms with Crippen LogP contribution in [0.3, 0.4) is 0 Å².